The maximum Gasteiger partial charge on any atom is 0.321 e. The first kappa shape index (κ1) is 11.8. The van der Waals surface area contributed by atoms with Crippen molar-refractivity contribution >= 4 is 56.3 Å². The van der Waals surface area contributed by atoms with E-state index in [2.05, 4.69) is 12.6 Å². The van der Waals surface area contributed by atoms with Crippen molar-refractivity contribution in [3.63, 3.8) is 0 Å². The third kappa shape index (κ3) is 5.18. The minimum atomic E-state index is -1.00. The quantitative estimate of drug-likeness (QED) is 0.357. The minimum Gasteiger partial charge on any atom is -0.480 e. The summed E-state index contributed by atoms with van der Waals surface area (Å²) in [7, 11) is 0. The maximum atomic E-state index is 9.76. The third-order valence-corrected chi connectivity index (χ3v) is 0.907. The van der Waals surface area contributed by atoms with Crippen LogP contribution in [0.4, 0.5) is 0 Å². The molecular formula is C3H7CaNO2S. The predicted molar refractivity (Wildman–Crippen MR) is 35.2 cm³/mol. The molecular weight excluding hydrogens is 154 g/mol. The van der Waals surface area contributed by atoms with Crippen molar-refractivity contribution in [1.82, 2.24) is 0 Å². The first-order valence-electron chi connectivity index (χ1n) is 1.77. The van der Waals surface area contributed by atoms with Crippen LogP contribution in [0.1, 0.15) is 0 Å². The Labute approximate surface area is 83.0 Å². The van der Waals surface area contributed by atoms with E-state index in [0.717, 1.165) is 0 Å². The fraction of sp³-hybridized carbons (Fsp3) is 0.667. The van der Waals surface area contributed by atoms with Gasteiger partial charge in [-0.05, 0) is 0 Å². The van der Waals surface area contributed by atoms with Gasteiger partial charge in [0.15, 0.2) is 0 Å². The Balaban J connectivity index is 0. The third-order valence-electron chi connectivity index (χ3n) is 0.514. The summed E-state index contributed by atoms with van der Waals surface area (Å²) in [6.07, 6.45) is 0. The molecule has 0 unspecified atom stereocenters. The van der Waals surface area contributed by atoms with Gasteiger partial charge in [-0.15, -0.1) is 0 Å². The zero-order chi connectivity index (χ0) is 5.86. The molecule has 44 valence electrons. The maximum absolute atomic E-state index is 9.76. The van der Waals surface area contributed by atoms with Crippen LogP contribution in [-0.2, 0) is 4.79 Å². The van der Waals surface area contributed by atoms with Crippen molar-refractivity contribution < 1.29 is 9.90 Å². The van der Waals surface area contributed by atoms with Gasteiger partial charge in [0.05, 0.1) is 0 Å². The molecule has 0 aliphatic heterocycles. The number of hydrogen-bond donors (Lipinski definition) is 3. The van der Waals surface area contributed by atoms with Gasteiger partial charge in [-0.25, -0.2) is 0 Å². The molecule has 3 nitrogen and oxygen atoms in total. The summed E-state index contributed by atoms with van der Waals surface area (Å²) >= 11 is 3.65. The van der Waals surface area contributed by atoms with Crippen LogP contribution < -0.4 is 5.73 Å². The minimum absolute atomic E-state index is 0. The van der Waals surface area contributed by atoms with Crippen molar-refractivity contribution in [3.8, 4) is 0 Å². The number of carboxylic acid groups (broad SMARTS) is 1. The molecule has 2 radical (unpaired) electrons. The molecule has 0 aliphatic rings. The normalized spacial score (nSPS) is 11.8. The molecule has 0 spiro atoms. The van der Waals surface area contributed by atoms with Gasteiger partial charge in [-0.2, -0.15) is 12.6 Å². The van der Waals surface area contributed by atoms with E-state index in [9.17, 15) is 4.79 Å². The van der Waals surface area contributed by atoms with E-state index >= 15 is 0 Å². The molecule has 0 amide bonds. The number of nitrogens with two attached hydrogens (primary N) is 1. The van der Waals surface area contributed by atoms with Gasteiger partial charge in [-0.3, -0.25) is 4.79 Å². The molecule has 0 aromatic heterocycles. The topological polar surface area (TPSA) is 63.3 Å². The Hall–Kier alpha value is 1.04. The SMILES string of the molecule is N[C@@H](CS)C(=O)O.[Ca]. The molecule has 0 saturated heterocycles. The van der Waals surface area contributed by atoms with Crippen LogP contribution in [0.15, 0.2) is 0 Å². The Morgan fingerprint density at radius 2 is 2.25 bits per heavy atom. The molecule has 3 N–H and O–H groups in total. The molecule has 8 heavy (non-hydrogen) atoms. The second-order valence-electron chi connectivity index (χ2n) is 1.13. The smallest absolute Gasteiger partial charge is 0.321 e. The molecule has 0 aromatic rings. The first-order chi connectivity index (χ1) is 3.18. The van der Waals surface area contributed by atoms with Gasteiger partial charge in [0.2, 0.25) is 0 Å². The number of aliphatic carboxylic acids is 1. The summed E-state index contributed by atoms with van der Waals surface area (Å²) in [6, 6.07) is -0.816. The zero-order valence-corrected chi connectivity index (χ0v) is 7.47. The molecule has 0 fully saturated rings. The number of hydrogen-bond acceptors (Lipinski definition) is 3. The molecule has 0 saturated carbocycles. The average Bonchev–Trinajstić information content (AvgIpc) is 1.65. The van der Waals surface area contributed by atoms with Crippen LogP contribution in [0.3, 0.4) is 0 Å². The van der Waals surface area contributed by atoms with Gasteiger partial charge < -0.3 is 10.8 Å². The summed E-state index contributed by atoms with van der Waals surface area (Å²) in [6.45, 7) is 0. The summed E-state index contributed by atoms with van der Waals surface area (Å²) in [5.74, 6) is -0.815. The zero-order valence-electron chi connectivity index (χ0n) is 4.37. The van der Waals surface area contributed by atoms with E-state index in [4.69, 9.17) is 10.8 Å². The van der Waals surface area contributed by atoms with Gasteiger partial charge in [0.25, 0.3) is 0 Å². The van der Waals surface area contributed by atoms with Crippen molar-refractivity contribution in [2.75, 3.05) is 5.75 Å². The van der Waals surface area contributed by atoms with Crippen LogP contribution in [-0.4, -0.2) is 60.6 Å². The van der Waals surface area contributed by atoms with E-state index in [-0.39, 0.29) is 43.5 Å². The number of carboxylic acids is 1. The summed E-state index contributed by atoms with van der Waals surface area (Å²) in [5, 5.41) is 8.01. The standard InChI is InChI=1S/C3H7NO2S.Ca/c4-2(1-7)3(5)6;/h2,7H,1,4H2,(H,5,6);/t2-;/m0./s1. The Morgan fingerprint density at radius 3 is 2.25 bits per heavy atom. The molecule has 0 aromatic carbocycles. The van der Waals surface area contributed by atoms with Crippen LogP contribution in [0.5, 0.6) is 0 Å². The van der Waals surface area contributed by atoms with Crippen LogP contribution >= 0.6 is 12.6 Å². The Bertz CT molecular complexity index is 79.7. The monoisotopic (exact) mass is 161 g/mol. The molecule has 1 atom stereocenters. The second kappa shape index (κ2) is 6.16. The Morgan fingerprint density at radius 1 is 1.88 bits per heavy atom. The fourth-order valence-electron chi connectivity index (χ4n) is 0.0781. The van der Waals surface area contributed by atoms with Gasteiger partial charge in [0.1, 0.15) is 6.04 Å². The average molecular weight is 161 g/mol. The van der Waals surface area contributed by atoms with Crippen molar-refractivity contribution in [1.29, 1.82) is 0 Å². The number of thiol groups is 1. The fourth-order valence-corrected chi connectivity index (χ4v) is 0.234. The molecule has 0 bridgehead atoms. The number of carbonyl (C=O) groups is 1. The van der Waals surface area contributed by atoms with Crippen LogP contribution in [0.2, 0.25) is 0 Å². The molecule has 0 heterocycles. The van der Waals surface area contributed by atoms with E-state index in [0.29, 0.717) is 0 Å². The molecule has 0 aliphatic carbocycles. The largest absolute Gasteiger partial charge is 0.480 e. The molecule has 0 rings (SSSR count). The van der Waals surface area contributed by atoms with Crippen molar-refractivity contribution in [3.05, 3.63) is 0 Å². The second-order valence-corrected chi connectivity index (χ2v) is 1.49. The first-order valence-corrected chi connectivity index (χ1v) is 2.41. The van der Waals surface area contributed by atoms with Gasteiger partial charge >= 0.3 is 5.97 Å². The van der Waals surface area contributed by atoms with E-state index in [1.165, 1.54) is 0 Å². The van der Waals surface area contributed by atoms with Gasteiger partial charge in [-0.1, -0.05) is 0 Å². The number of rotatable bonds is 2. The van der Waals surface area contributed by atoms with Crippen LogP contribution in [0.25, 0.3) is 0 Å². The van der Waals surface area contributed by atoms with Gasteiger partial charge in [0, 0.05) is 43.5 Å². The summed E-state index contributed by atoms with van der Waals surface area (Å²) in [4.78, 5) is 9.76. The van der Waals surface area contributed by atoms with E-state index in [1.807, 2.05) is 0 Å². The van der Waals surface area contributed by atoms with E-state index in [1.54, 1.807) is 0 Å². The summed E-state index contributed by atoms with van der Waals surface area (Å²) in [5.41, 5.74) is 4.94. The van der Waals surface area contributed by atoms with Crippen molar-refractivity contribution in [2.24, 2.45) is 5.73 Å². The Kier molecular flexibility index (Phi) is 9.08. The predicted octanol–water partition coefficient (Wildman–Crippen LogP) is -1.05. The van der Waals surface area contributed by atoms with Crippen molar-refractivity contribution in [2.45, 2.75) is 6.04 Å². The molecule has 5 heteroatoms. The van der Waals surface area contributed by atoms with Crippen LogP contribution in [0, 0.1) is 0 Å². The van der Waals surface area contributed by atoms with E-state index < -0.39 is 12.0 Å². The summed E-state index contributed by atoms with van der Waals surface area (Å²) < 4.78 is 0.